The van der Waals surface area contributed by atoms with Crippen molar-refractivity contribution < 1.29 is 9.90 Å². The number of nitrogens with one attached hydrogen (secondary N) is 2. The standard InChI is InChI=1S/C9H16N2O2S/c12-7-3-6(4-7)11-9(13)8-5-14-2-1-10-8/h6-8,10,12H,1-5H2,(H,11,13). The van der Waals surface area contributed by atoms with Gasteiger partial charge in [0.2, 0.25) is 5.91 Å². The van der Waals surface area contributed by atoms with E-state index >= 15 is 0 Å². The van der Waals surface area contributed by atoms with Gasteiger partial charge in [-0.1, -0.05) is 0 Å². The highest BCUT2D eigenvalue weighted by Crippen LogP contribution is 2.19. The summed E-state index contributed by atoms with van der Waals surface area (Å²) >= 11 is 1.81. The van der Waals surface area contributed by atoms with Gasteiger partial charge in [-0.25, -0.2) is 0 Å². The molecule has 1 unspecified atom stereocenters. The first-order valence-corrected chi connectivity index (χ1v) is 6.21. The molecule has 0 bridgehead atoms. The van der Waals surface area contributed by atoms with Crippen molar-refractivity contribution in [2.75, 3.05) is 18.1 Å². The van der Waals surface area contributed by atoms with Crippen LogP contribution in [0.3, 0.4) is 0 Å². The van der Waals surface area contributed by atoms with Crippen LogP contribution in [-0.4, -0.2) is 47.3 Å². The van der Waals surface area contributed by atoms with Gasteiger partial charge in [0.25, 0.3) is 0 Å². The molecule has 0 aromatic carbocycles. The molecule has 0 radical (unpaired) electrons. The number of aliphatic hydroxyl groups excluding tert-OH is 1. The Labute approximate surface area is 87.8 Å². The number of carbonyl (C=O) groups excluding carboxylic acids is 1. The fraction of sp³-hybridized carbons (Fsp3) is 0.889. The highest BCUT2D eigenvalue weighted by molar-refractivity contribution is 7.99. The van der Waals surface area contributed by atoms with Crippen molar-refractivity contribution in [3.05, 3.63) is 0 Å². The summed E-state index contributed by atoms with van der Waals surface area (Å²) in [5, 5.41) is 15.2. The largest absolute Gasteiger partial charge is 0.393 e. The van der Waals surface area contributed by atoms with Crippen LogP contribution in [0, 0.1) is 0 Å². The molecule has 1 aliphatic carbocycles. The van der Waals surface area contributed by atoms with Gasteiger partial charge in [0.05, 0.1) is 12.1 Å². The minimum absolute atomic E-state index is 0.0357. The van der Waals surface area contributed by atoms with Crippen molar-refractivity contribution in [3.63, 3.8) is 0 Å². The van der Waals surface area contributed by atoms with Gasteiger partial charge in [0.15, 0.2) is 0 Å². The molecule has 2 fully saturated rings. The van der Waals surface area contributed by atoms with Gasteiger partial charge in [0, 0.05) is 24.1 Å². The van der Waals surface area contributed by atoms with Crippen LogP contribution >= 0.6 is 11.8 Å². The van der Waals surface area contributed by atoms with E-state index in [1.165, 1.54) is 0 Å². The zero-order valence-corrected chi connectivity index (χ0v) is 8.85. The molecule has 2 rings (SSSR count). The van der Waals surface area contributed by atoms with Crippen molar-refractivity contribution in [2.45, 2.75) is 31.0 Å². The number of hydrogen-bond acceptors (Lipinski definition) is 4. The van der Waals surface area contributed by atoms with Crippen LogP contribution in [0.4, 0.5) is 0 Å². The minimum Gasteiger partial charge on any atom is -0.393 e. The molecule has 0 aromatic rings. The van der Waals surface area contributed by atoms with Gasteiger partial charge in [-0.15, -0.1) is 0 Å². The lowest BCUT2D eigenvalue weighted by Gasteiger charge is -2.33. The van der Waals surface area contributed by atoms with Crippen molar-refractivity contribution in [3.8, 4) is 0 Å². The monoisotopic (exact) mass is 216 g/mol. The molecule has 5 heteroatoms. The van der Waals surface area contributed by atoms with Gasteiger partial charge in [-0.3, -0.25) is 4.79 Å². The Hall–Kier alpha value is -0.260. The summed E-state index contributed by atoms with van der Waals surface area (Å²) in [6.07, 6.45) is 1.23. The zero-order chi connectivity index (χ0) is 9.97. The predicted molar refractivity (Wildman–Crippen MR) is 56.3 cm³/mol. The first-order chi connectivity index (χ1) is 6.75. The third kappa shape index (κ3) is 2.40. The molecular weight excluding hydrogens is 200 g/mol. The van der Waals surface area contributed by atoms with Gasteiger partial charge >= 0.3 is 0 Å². The maximum Gasteiger partial charge on any atom is 0.238 e. The molecular formula is C9H16N2O2S. The molecule has 0 aromatic heterocycles. The summed E-state index contributed by atoms with van der Waals surface area (Å²) in [4.78, 5) is 11.6. The summed E-state index contributed by atoms with van der Waals surface area (Å²) in [5.74, 6) is 2.04. The Morgan fingerprint density at radius 1 is 1.50 bits per heavy atom. The van der Waals surface area contributed by atoms with Gasteiger partial charge in [0.1, 0.15) is 0 Å². The lowest BCUT2D eigenvalue weighted by Crippen LogP contribution is -2.55. The molecule has 1 atom stereocenters. The maximum absolute atomic E-state index is 11.6. The summed E-state index contributed by atoms with van der Waals surface area (Å²) in [6.45, 7) is 0.913. The molecule has 4 nitrogen and oxygen atoms in total. The van der Waals surface area contributed by atoms with E-state index in [9.17, 15) is 4.79 Å². The van der Waals surface area contributed by atoms with E-state index in [0.717, 1.165) is 18.1 Å². The molecule has 1 amide bonds. The topological polar surface area (TPSA) is 61.4 Å². The Morgan fingerprint density at radius 2 is 2.29 bits per heavy atom. The molecule has 0 spiro atoms. The smallest absolute Gasteiger partial charge is 0.238 e. The molecule has 3 N–H and O–H groups in total. The van der Waals surface area contributed by atoms with E-state index in [0.29, 0.717) is 12.8 Å². The number of amides is 1. The van der Waals surface area contributed by atoms with Crippen LogP contribution in [0.1, 0.15) is 12.8 Å². The Kier molecular flexibility index (Phi) is 3.30. The average molecular weight is 216 g/mol. The van der Waals surface area contributed by atoms with E-state index in [-0.39, 0.29) is 24.1 Å². The number of carbonyl (C=O) groups is 1. The molecule has 2 aliphatic rings. The number of rotatable bonds is 2. The average Bonchev–Trinajstić information content (AvgIpc) is 2.17. The molecule has 80 valence electrons. The predicted octanol–water partition coefficient (Wildman–Crippen LogP) is -0.669. The van der Waals surface area contributed by atoms with Crippen molar-refractivity contribution in [1.82, 2.24) is 10.6 Å². The molecule has 1 aliphatic heterocycles. The second kappa shape index (κ2) is 4.51. The highest BCUT2D eigenvalue weighted by atomic mass is 32.2. The molecule has 14 heavy (non-hydrogen) atoms. The summed E-state index contributed by atoms with van der Waals surface area (Å²) in [6, 6.07) is 0.165. The fourth-order valence-corrected chi connectivity index (χ4v) is 2.68. The summed E-state index contributed by atoms with van der Waals surface area (Å²) < 4.78 is 0. The second-order valence-corrected chi connectivity index (χ2v) is 5.06. The Bertz CT molecular complexity index is 213. The van der Waals surface area contributed by atoms with E-state index < -0.39 is 0 Å². The normalized spacial score (nSPS) is 37.4. The van der Waals surface area contributed by atoms with Gasteiger partial charge in [-0.2, -0.15) is 11.8 Å². The van der Waals surface area contributed by atoms with Gasteiger partial charge in [-0.05, 0) is 12.8 Å². The third-order valence-electron chi connectivity index (χ3n) is 2.70. The van der Waals surface area contributed by atoms with E-state index in [1.807, 2.05) is 11.8 Å². The first kappa shape index (κ1) is 10.3. The van der Waals surface area contributed by atoms with Crippen LogP contribution in [0.5, 0.6) is 0 Å². The van der Waals surface area contributed by atoms with E-state index in [2.05, 4.69) is 10.6 Å². The first-order valence-electron chi connectivity index (χ1n) is 5.05. The van der Waals surface area contributed by atoms with Crippen molar-refractivity contribution in [1.29, 1.82) is 0 Å². The number of aliphatic hydroxyl groups is 1. The molecule has 1 saturated carbocycles. The van der Waals surface area contributed by atoms with E-state index in [4.69, 9.17) is 5.11 Å². The van der Waals surface area contributed by atoms with E-state index in [1.54, 1.807) is 0 Å². The van der Waals surface area contributed by atoms with Crippen LogP contribution in [0.2, 0.25) is 0 Å². The number of hydrogen-bond donors (Lipinski definition) is 3. The third-order valence-corrected chi connectivity index (χ3v) is 3.76. The lowest BCUT2D eigenvalue weighted by molar-refractivity contribution is -0.124. The summed E-state index contributed by atoms with van der Waals surface area (Å²) in [7, 11) is 0. The lowest BCUT2D eigenvalue weighted by atomic mass is 9.89. The van der Waals surface area contributed by atoms with Crippen LogP contribution in [0.15, 0.2) is 0 Å². The van der Waals surface area contributed by atoms with Crippen LogP contribution < -0.4 is 10.6 Å². The quantitative estimate of drug-likeness (QED) is 0.573. The Balaban J connectivity index is 1.71. The van der Waals surface area contributed by atoms with Crippen molar-refractivity contribution >= 4 is 17.7 Å². The second-order valence-electron chi connectivity index (χ2n) is 3.91. The highest BCUT2D eigenvalue weighted by Gasteiger charge is 2.30. The zero-order valence-electron chi connectivity index (χ0n) is 8.03. The van der Waals surface area contributed by atoms with Crippen LogP contribution in [0.25, 0.3) is 0 Å². The van der Waals surface area contributed by atoms with Crippen LogP contribution in [-0.2, 0) is 4.79 Å². The number of thioether (sulfide) groups is 1. The summed E-state index contributed by atoms with van der Waals surface area (Å²) in [5.41, 5.74) is 0. The fourth-order valence-electron chi connectivity index (χ4n) is 1.74. The molecule has 1 heterocycles. The SMILES string of the molecule is O=C(NC1CC(O)C1)C1CSCCN1. The van der Waals surface area contributed by atoms with Gasteiger partial charge < -0.3 is 15.7 Å². The Morgan fingerprint density at radius 3 is 2.86 bits per heavy atom. The van der Waals surface area contributed by atoms with Crippen molar-refractivity contribution in [2.24, 2.45) is 0 Å². The maximum atomic E-state index is 11.6. The molecule has 1 saturated heterocycles. The minimum atomic E-state index is -0.200.